The Labute approximate surface area is 167 Å². The fourth-order valence-electron chi connectivity index (χ4n) is 8.33. The third-order valence-electron chi connectivity index (χ3n) is 9.51. The third-order valence-corrected chi connectivity index (χ3v) is 9.51. The highest BCUT2D eigenvalue weighted by molar-refractivity contribution is 5.91. The lowest BCUT2D eigenvalue weighted by Crippen LogP contribution is -2.56. The van der Waals surface area contributed by atoms with E-state index in [1.807, 2.05) is 6.08 Å². The van der Waals surface area contributed by atoms with E-state index in [9.17, 15) is 14.7 Å². The van der Waals surface area contributed by atoms with E-state index in [1.165, 1.54) is 11.6 Å². The Balaban J connectivity index is 1.53. The maximum atomic E-state index is 12.0. The number of rotatable bonds is 3. The van der Waals surface area contributed by atoms with E-state index in [2.05, 4.69) is 13.8 Å². The summed E-state index contributed by atoms with van der Waals surface area (Å²) < 4.78 is 0. The summed E-state index contributed by atoms with van der Waals surface area (Å²) in [5.74, 6) is 2.91. The fraction of sp³-hybridized carbons (Fsp3) is 0.750. The molecule has 5 aliphatic carbocycles. The molecule has 0 saturated heterocycles. The number of carbonyl (C=O) groups excluding carboxylic acids is 1. The topological polar surface area (TPSA) is 74.6 Å². The molecule has 5 rings (SSSR count). The number of aliphatic hydroxyl groups is 1. The zero-order valence-corrected chi connectivity index (χ0v) is 16.9. The summed E-state index contributed by atoms with van der Waals surface area (Å²) in [5.41, 5.74) is 0.189. The van der Waals surface area contributed by atoms with Crippen molar-refractivity contribution in [2.45, 2.75) is 64.4 Å². The molecule has 4 nitrogen and oxygen atoms in total. The van der Waals surface area contributed by atoms with Gasteiger partial charge in [0.15, 0.2) is 5.78 Å². The second kappa shape index (κ2) is 6.04. The Hall–Kier alpha value is -1.42. The van der Waals surface area contributed by atoms with Gasteiger partial charge < -0.3 is 10.2 Å². The van der Waals surface area contributed by atoms with Crippen LogP contribution >= 0.6 is 0 Å². The summed E-state index contributed by atoms with van der Waals surface area (Å²) in [5, 5.41) is 20.9. The molecule has 0 aliphatic heterocycles. The van der Waals surface area contributed by atoms with Crippen molar-refractivity contribution in [2.24, 2.45) is 46.8 Å². The van der Waals surface area contributed by atoms with Gasteiger partial charge in [0.2, 0.25) is 0 Å². The van der Waals surface area contributed by atoms with Crippen LogP contribution in [-0.4, -0.2) is 27.6 Å². The quantitative estimate of drug-likeness (QED) is 0.722. The zero-order chi connectivity index (χ0) is 19.8. The molecule has 0 bridgehead atoms. The Morgan fingerprint density at radius 3 is 2.82 bits per heavy atom. The van der Waals surface area contributed by atoms with Crippen molar-refractivity contribution < 1.29 is 19.8 Å². The maximum absolute atomic E-state index is 12.0. The van der Waals surface area contributed by atoms with Crippen LogP contribution in [0.1, 0.15) is 58.8 Å². The molecule has 5 aliphatic rings. The van der Waals surface area contributed by atoms with E-state index in [1.54, 1.807) is 6.08 Å². The predicted octanol–water partition coefficient (Wildman–Crippen LogP) is 3.99. The predicted molar refractivity (Wildman–Crippen MR) is 105 cm³/mol. The van der Waals surface area contributed by atoms with Crippen molar-refractivity contribution in [3.8, 4) is 0 Å². The highest BCUT2D eigenvalue weighted by Crippen LogP contribution is 2.76. The Morgan fingerprint density at radius 1 is 1.32 bits per heavy atom. The first kappa shape index (κ1) is 18.6. The van der Waals surface area contributed by atoms with Crippen molar-refractivity contribution in [3.05, 3.63) is 23.8 Å². The smallest absolute Gasteiger partial charge is 0.328 e. The van der Waals surface area contributed by atoms with Crippen molar-refractivity contribution in [3.63, 3.8) is 0 Å². The summed E-state index contributed by atoms with van der Waals surface area (Å²) in [7, 11) is 0. The molecule has 0 aromatic carbocycles. The Morgan fingerprint density at radius 2 is 2.11 bits per heavy atom. The van der Waals surface area contributed by atoms with Gasteiger partial charge in [0.1, 0.15) is 0 Å². The molecule has 0 aromatic heterocycles. The van der Waals surface area contributed by atoms with Gasteiger partial charge in [0.05, 0.1) is 5.60 Å². The lowest BCUT2D eigenvalue weighted by atomic mass is 9.46. The largest absolute Gasteiger partial charge is 0.478 e. The molecule has 0 amide bonds. The van der Waals surface area contributed by atoms with E-state index >= 15 is 0 Å². The van der Waals surface area contributed by atoms with Gasteiger partial charge in [0, 0.05) is 17.9 Å². The van der Waals surface area contributed by atoms with E-state index in [-0.39, 0.29) is 11.3 Å². The van der Waals surface area contributed by atoms with Crippen LogP contribution < -0.4 is 0 Å². The molecule has 4 saturated carbocycles. The second-order valence-electron chi connectivity index (χ2n) is 10.4. The Bertz CT molecular complexity index is 781. The minimum Gasteiger partial charge on any atom is -0.478 e. The van der Waals surface area contributed by atoms with Gasteiger partial charge in [0.25, 0.3) is 0 Å². The summed E-state index contributed by atoms with van der Waals surface area (Å²) in [6, 6.07) is 0. The van der Waals surface area contributed by atoms with E-state index in [4.69, 9.17) is 5.11 Å². The third kappa shape index (κ3) is 2.33. The van der Waals surface area contributed by atoms with Crippen LogP contribution in [0.3, 0.4) is 0 Å². The molecule has 9 atom stereocenters. The second-order valence-corrected chi connectivity index (χ2v) is 10.4. The number of hydrogen-bond donors (Lipinski definition) is 2. The van der Waals surface area contributed by atoms with Crippen LogP contribution in [0.2, 0.25) is 0 Å². The monoisotopic (exact) mass is 384 g/mol. The number of carbonyl (C=O) groups is 2. The van der Waals surface area contributed by atoms with E-state index in [0.717, 1.165) is 38.5 Å². The maximum Gasteiger partial charge on any atom is 0.328 e. The van der Waals surface area contributed by atoms with E-state index in [0.29, 0.717) is 47.7 Å². The van der Waals surface area contributed by atoms with Crippen LogP contribution in [0.15, 0.2) is 23.8 Å². The van der Waals surface area contributed by atoms with Crippen molar-refractivity contribution in [2.75, 3.05) is 0 Å². The van der Waals surface area contributed by atoms with Crippen molar-refractivity contribution in [1.29, 1.82) is 0 Å². The average molecular weight is 385 g/mol. The number of hydrogen-bond acceptors (Lipinski definition) is 3. The highest BCUT2D eigenvalue weighted by Gasteiger charge is 2.75. The highest BCUT2D eigenvalue weighted by atomic mass is 16.4. The summed E-state index contributed by atoms with van der Waals surface area (Å²) >= 11 is 0. The minimum absolute atomic E-state index is 0.222. The van der Waals surface area contributed by atoms with Crippen LogP contribution in [-0.2, 0) is 9.59 Å². The van der Waals surface area contributed by atoms with Gasteiger partial charge in [-0.25, -0.2) is 4.79 Å². The average Bonchev–Trinajstić information content (AvgIpc) is 3.42. The van der Waals surface area contributed by atoms with Crippen LogP contribution in [0.4, 0.5) is 0 Å². The van der Waals surface area contributed by atoms with Gasteiger partial charge in [-0.15, -0.1) is 0 Å². The summed E-state index contributed by atoms with van der Waals surface area (Å²) in [6.07, 6.45) is 11.7. The van der Waals surface area contributed by atoms with Gasteiger partial charge in [-0.1, -0.05) is 25.8 Å². The van der Waals surface area contributed by atoms with Crippen LogP contribution in [0.5, 0.6) is 0 Å². The first-order chi connectivity index (χ1) is 13.3. The van der Waals surface area contributed by atoms with Crippen LogP contribution in [0.25, 0.3) is 0 Å². The summed E-state index contributed by atoms with van der Waals surface area (Å²) in [4.78, 5) is 23.2. The van der Waals surface area contributed by atoms with Gasteiger partial charge in [-0.3, -0.25) is 4.79 Å². The van der Waals surface area contributed by atoms with Gasteiger partial charge in [-0.05, 0) is 85.7 Å². The molecule has 0 radical (unpaired) electrons. The SMILES string of the molecule is CC[C@H]1CC2=CC(=O)CC[C@@H]2[C@H]2CC[C@@]3(C)[C@@H]([C@H]4C[C@H]4[C@@]3(O)/C=C\C(=O)O)[C@H]12. The first-order valence-electron chi connectivity index (χ1n) is 11.2. The standard InChI is InChI=1S/C24H32O4/c1-3-13-10-14-11-15(25)4-5-16(14)17-6-8-23(2)22(21(13)17)18-12-19(18)24(23,28)9-7-20(26)27/h7,9,11,13,16-19,21-22,28H,3-6,8,10,12H2,1-2H3,(H,26,27)/b9-7-/t13-,16-,17+,18-,19+,21+,22-,23-,24-/m0/s1. The lowest BCUT2D eigenvalue weighted by molar-refractivity contribution is -0.134. The minimum atomic E-state index is -0.984. The molecule has 0 heterocycles. The van der Waals surface area contributed by atoms with E-state index < -0.39 is 11.6 Å². The molecule has 2 N–H and O–H groups in total. The van der Waals surface area contributed by atoms with Crippen molar-refractivity contribution >= 4 is 11.8 Å². The molecule has 0 aromatic rings. The normalized spacial score (nSPS) is 51.8. The van der Waals surface area contributed by atoms with Crippen LogP contribution in [0, 0.1) is 46.8 Å². The molecule has 4 fully saturated rings. The molecule has 152 valence electrons. The number of carboxylic acid groups (broad SMARTS) is 1. The molecule has 0 unspecified atom stereocenters. The molecule has 4 heteroatoms. The first-order valence-corrected chi connectivity index (χ1v) is 11.2. The molecule has 0 spiro atoms. The fourth-order valence-corrected chi connectivity index (χ4v) is 8.33. The number of ketones is 1. The molecular weight excluding hydrogens is 352 g/mol. The van der Waals surface area contributed by atoms with Gasteiger partial charge in [-0.2, -0.15) is 0 Å². The number of aliphatic carboxylic acids is 1. The van der Waals surface area contributed by atoms with Gasteiger partial charge >= 0.3 is 5.97 Å². The molecular formula is C24H32O4. The Kier molecular flexibility index (Phi) is 4.01. The number of fused-ring (bicyclic) bond motifs is 7. The lowest BCUT2D eigenvalue weighted by Gasteiger charge is -2.59. The zero-order valence-electron chi connectivity index (χ0n) is 16.9. The van der Waals surface area contributed by atoms with Crippen molar-refractivity contribution in [1.82, 2.24) is 0 Å². The number of carboxylic acids is 1. The molecule has 28 heavy (non-hydrogen) atoms. The summed E-state index contributed by atoms with van der Waals surface area (Å²) in [6.45, 7) is 4.50. The number of allylic oxidation sites excluding steroid dienone is 1.